The summed E-state index contributed by atoms with van der Waals surface area (Å²) in [5.41, 5.74) is 1.69. The minimum atomic E-state index is 0. The Morgan fingerprint density at radius 1 is 0.571 bits per heavy atom. The number of fused-ring (bicyclic) bond motifs is 2. The van der Waals surface area contributed by atoms with Crippen molar-refractivity contribution in [3.63, 3.8) is 0 Å². The van der Waals surface area contributed by atoms with Gasteiger partial charge in [-0.05, 0) is 72.2 Å². The van der Waals surface area contributed by atoms with Crippen molar-refractivity contribution >= 4 is 34.0 Å². The molecule has 0 aliphatic heterocycles. The summed E-state index contributed by atoms with van der Waals surface area (Å²) >= 11 is 0. The zero-order chi connectivity index (χ0) is 23.3. The van der Waals surface area contributed by atoms with E-state index < -0.39 is 0 Å². The molecule has 0 atom stereocenters. The van der Waals surface area contributed by atoms with Gasteiger partial charge in [-0.2, -0.15) is 0 Å². The summed E-state index contributed by atoms with van der Waals surface area (Å²) in [4.78, 5) is 9.05. The second-order valence-electron chi connectivity index (χ2n) is 9.16. The zero-order valence-electron chi connectivity index (χ0n) is 19.6. The van der Waals surface area contributed by atoms with Gasteiger partial charge in [-0.1, -0.05) is 60.7 Å². The first kappa shape index (κ1) is 25.0. The monoisotopic (exact) mass is 513 g/mol. The first-order valence-electron chi connectivity index (χ1n) is 12.2. The first-order valence-corrected chi connectivity index (χ1v) is 12.2. The summed E-state index contributed by atoms with van der Waals surface area (Å²) in [5.74, 6) is 0.624. The number of nitrogens with zero attached hydrogens (tertiary/aromatic N) is 2. The summed E-state index contributed by atoms with van der Waals surface area (Å²) in [7, 11) is 0. The molecule has 1 radical (unpaired) electrons. The molecule has 4 aromatic rings. The van der Waals surface area contributed by atoms with Crippen LogP contribution in [0.1, 0.15) is 49.7 Å². The fourth-order valence-corrected chi connectivity index (χ4v) is 4.27. The van der Waals surface area contributed by atoms with Gasteiger partial charge in [-0.25, -0.2) is 0 Å². The Bertz CT molecular complexity index is 1250. The van der Waals surface area contributed by atoms with E-state index in [2.05, 4.69) is 22.1 Å². The minimum absolute atomic E-state index is 0. The van der Waals surface area contributed by atoms with Crippen molar-refractivity contribution in [2.75, 3.05) is 0 Å². The van der Waals surface area contributed by atoms with Gasteiger partial charge in [0.25, 0.3) is 0 Å². The molecule has 0 amide bonds. The van der Waals surface area contributed by atoms with E-state index >= 15 is 0 Å². The van der Waals surface area contributed by atoms with Gasteiger partial charge >= 0.3 is 0 Å². The molecule has 2 fully saturated rings. The first-order chi connectivity index (χ1) is 16.7. The topological polar surface area (TPSA) is 65.2 Å². The molecule has 6 rings (SSSR count). The maximum Gasteiger partial charge on any atom is 0.124 e. The molecule has 0 saturated heterocycles. The summed E-state index contributed by atoms with van der Waals surface area (Å²) in [6.45, 7) is 0. The average molecular weight is 514 g/mol. The van der Waals surface area contributed by atoms with Crippen LogP contribution in [0.15, 0.2) is 82.8 Å². The summed E-state index contributed by atoms with van der Waals surface area (Å²) < 4.78 is 0. The molecule has 0 aromatic heterocycles. The van der Waals surface area contributed by atoms with Gasteiger partial charge in [0.15, 0.2) is 0 Å². The molecule has 5 heteroatoms. The minimum Gasteiger partial charge on any atom is -0.507 e. The maximum atomic E-state index is 9.92. The molecule has 35 heavy (non-hydrogen) atoms. The van der Waals surface area contributed by atoms with Crippen LogP contribution in [0.25, 0.3) is 21.5 Å². The second kappa shape index (κ2) is 11.5. The molecule has 2 N–H and O–H groups in total. The van der Waals surface area contributed by atoms with E-state index in [1.165, 1.54) is 38.5 Å². The van der Waals surface area contributed by atoms with Gasteiger partial charge in [0, 0.05) is 52.7 Å². The molecule has 0 heterocycles. The third-order valence-electron chi connectivity index (χ3n) is 6.87. The Morgan fingerprint density at radius 3 is 1.34 bits per heavy atom. The Labute approximate surface area is 216 Å². The van der Waals surface area contributed by atoms with Crippen LogP contribution >= 0.6 is 0 Å². The van der Waals surface area contributed by atoms with Gasteiger partial charge in [-0.3, -0.25) is 9.98 Å². The van der Waals surface area contributed by atoms with Gasteiger partial charge in [0.05, 0.1) is 0 Å². The fourth-order valence-electron chi connectivity index (χ4n) is 4.27. The predicted octanol–water partition coefficient (Wildman–Crippen LogP) is 7.03. The number of phenols is 2. The van der Waals surface area contributed by atoms with Crippen molar-refractivity contribution in [3.05, 3.63) is 83.9 Å². The molecule has 4 aromatic carbocycles. The maximum absolute atomic E-state index is 9.92. The number of aliphatic imine (C=N–C) groups is 2. The molecule has 2 aliphatic carbocycles. The van der Waals surface area contributed by atoms with E-state index in [1.54, 1.807) is 12.1 Å². The van der Waals surface area contributed by atoms with E-state index in [0.717, 1.165) is 32.7 Å². The summed E-state index contributed by atoms with van der Waals surface area (Å²) in [6.07, 6.45) is 11.0. The van der Waals surface area contributed by atoms with Crippen LogP contribution in [-0.4, -0.2) is 34.7 Å². The molecule has 0 bridgehead atoms. The molecule has 183 valence electrons. The molecular weight excluding hydrogens is 484 g/mol. The molecular formula is C30H30CuN2O2. The van der Waals surface area contributed by atoms with Crippen molar-refractivity contribution < 1.29 is 27.3 Å². The second-order valence-corrected chi connectivity index (χ2v) is 9.16. The molecule has 0 unspecified atom stereocenters. The zero-order valence-corrected chi connectivity index (χ0v) is 20.5. The van der Waals surface area contributed by atoms with Crippen LogP contribution < -0.4 is 0 Å². The van der Waals surface area contributed by atoms with Crippen LogP contribution in [0.2, 0.25) is 0 Å². The third kappa shape index (κ3) is 5.75. The molecule has 2 aliphatic rings. The number of phenolic OH excluding ortho intramolecular Hbond substituents is 2. The van der Waals surface area contributed by atoms with Gasteiger partial charge in [0.1, 0.15) is 11.5 Å². The normalized spacial score (nSPS) is 16.0. The summed E-state index contributed by atoms with van der Waals surface area (Å²) in [6, 6.07) is 24.4. The van der Waals surface area contributed by atoms with Crippen molar-refractivity contribution in [1.29, 1.82) is 0 Å². The van der Waals surface area contributed by atoms with E-state index in [4.69, 9.17) is 0 Å². The molecule has 2 saturated carbocycles. The van der Waals surface area contributed by atoms with E-state index in [1.807, 2.05) is 61.0 Å². The van der Waals surface area contributed by atoms with Crippen LogP contribution in [0.5, 0.6) is 11.5 Å². The van der Waals surface area contributed by atoms with Crippen LogP contribution in [-0.2, 0) is 17.1 Å². The smallest absolute Gasteiger partial charge is 0.124 e. The average Bonchev–Trinajstić information content (AvgIpc) is 2.80. The van der Waals surface area contributed by atoms with E-state index in [-0.39, 0.29) is 17.1 Å². The summed E-state index contributed by atoms with van der Waals surface area (Å²) in [5, 5.41) is 24.3. The van der Waals surface area contributed by atoms with Crippen molar-refractivity contribution in [2.24, 2.45) is 9.98 Å². The Kier molecular flexibility index (Phi) is 8.22. The SMILES string of the molecule is Oc1ccc2ccccc2c1C=NC1CCC1.Oc1ccc2ccccc2c1C=NC1CCC1.[Cu]. The van der Waals surface area contributed by atoms with Gasteiger partial charge in [-0.15, -0.1) is 0 Å². The molecule has 0 spiro atoms. The molecule has 4 nitrogen and oxygen atoms in total. The van der Waals surface area contributed by atoms with Gasteiger partial charge in [0.2, 0.25) is 0 Å². The van der Waals surface area contributed by atoms with Crippen molar-refractivity contribution in [2.45, 2.75) is 50.6 Å². The van der Waals surface area contributed by atoms with Crippen LogP contribution in [0, 0.1) is 0 Å². The number of hydrogen-bond acceptors (Lipinski definition) is 4. The number of benzene rings is 4. The van der Waals surface area contributed by atoms with Crippen molar-refractivity contribution in [3.8, 4) is 11.5 Å². The van der Waals surface area contributed by atoms with E-state index in [0.29, 0.717) is 23.6 Å². The Balaban J connectivity index is 0.000000160. The largest absolute Gasteiger partial charge is 0.507 e. The van der Waals surface area contributed by atoms with E-state index in [9.17, 15) is 10.2 Å². The Hall–Kier alpha value is -3.14. The van der Waals surface area contributed by atoms with Crippen molar-refractivity contribution in [1.82, 2.24) is 0 Å². The van der Waals surface area contributed by atoms with Crippen LogP contribution in [0.3, 0.4) is 0 Å². The fraction of sp³-hybridized carbons (Fsp3) is 0.267. The van der Waals surface area contributed by atoms with Crippen LogP contribution in [0.4, 0.5) is 0 Å². The number of rotatable bonds is 4. The van der Waals surface area contributed by atoms with Gasteiger partial charge < -0.3 is 10.2 Å². The predicted molar refractivity (Wildman–Crippen MR) is 142 cm³/mol. The third-order valence-corrected chi connectivity index (χ3v) is 6.87. The number of hydrogen-bond donors (Lipinski definition) is 2. The Morgan fingerprint density at radius 2 is 0.971 bits per heavy atom. The standard InChI is InChI=1S/2C15H15NO.Cu/c2*17-15-9-8-11-4-1-2-7-13(11)14(15)10-16-12-5-3-6-12;/h2*1-2,4,7-10,12,17H,3,5-6H2;. The quantitative estimate of drug-likeness (QED) is 0.227. The number of aromatic hydroxyl groups is 2.